The summed E-state index contributed by atoms with van der Waals surface area (Å²) in [5, 5.41) is 18.1. The number of thiazole rings is 1. The summed E-state index contributed by atoms with van der Waals surface area (Å²) in [6.07, 6.45) is 4.79. The number of benzene rings is 2. The zero-order valence-corrected chi connectivity index (χ0v) is 18.5. The predicted octanol–water partition coefficient (Wildman–Crippen LogP) is 5.42. The third-order valence-electron chi connectivity index (χ3n) is 5.40. The van der Waals surface area contributed by atoms with Gasteiger partial charge in [-0.3, -0.25) is 15.1 Å². The van der Waals surface area contributed by atoms with Crippen LogP contribution in [0.1, 0.15) is 35.1 Å². The maximum Gasteiger partial charge on any atom is 0.269 e. The molecule has 0 amide bonds. The second-order valence-corrected chi connectivity index (χ2v) is 8.49. The maximum atomic E-state index is 11.0. The van der Waals surface area contributed by atoms with Gasteiger partial charge >= 0.3 is 0 Å². The average Bonchev–Trinajstić information content (AvgIpc) is 3.15. The lowest BCUT2D eigenvalue weighted by Crippen LogP contribution is -2.19. The van der Waals surface area contributed by atoms with E-state index in [1.54, 1.807) is 18.2 Å². The molecule has 0 saturated carbocycles. The predicted molar refractivity (Wildman–Crippen MR) is 126 cm³/mol. The smallest absolute Gasteiger partial charge is 0.258 e. The van der Waals surface area contributed by atoms with Crippen molar-refractivity contribution in [3.05, 3.63) is 91.6 Å². The summed E-state index contributed by atoms with van der Waals surface area (Å²) in [4.78, 5) is 16.0. The van der Waals surface area contributed by atoms with Crippen LogP contribution in [0, 0.1) is 24.0 Å². The quantitative estimate of drug-likeness (QED) is 0.307. The van der Waals surface area contributed by atoms with Crippen LogP contribution in [-0.4, -0.2) is 21.9 Å². The van der Waals surface area contributed by atoms with Crippen molar-refractivity contribution in [2.75, 3.05) is 6.54 Å². The molecule has 7 heteroatoms. The Hall–Kier alpha value is -3.32. The van der Waals surface area contributed by atoms with Crippen LogP contribution in [0.15, 0.2) is 64.5 Å². The van der Waals surface area contributed by atoms with Gasteiger partial charge in [0.25, 0.3) is 5.69 Å². The molecule has 0 atom stereocenters. The minimum Gasteiger partial charge on any atom is -0.258 e. The molecule has 1 aliphatic rings. The van der Waals surface area contributed by atoms with Gasteiger partial charge in [-0.15, -0.1) is 17.9 Å². The first kappa shape index (κ1) is 20.9. The molecule has 2 aromatic carbocycles. The summed E-state index contributed by atoms with van der Waals surface area (Å²) < 4.78 is 1.87. The van der Waals surface area contributed by atoms with Gasteiger partial charge in [-0.1, -0.05) is 17.7 Å². The van der Waals surface area contributed by atoms with Crippen molar-refractivity contribution in [1.29, 1.82) is 0 Å². The number of nitrogens with zero attached hydrogens (tertiary/aromatic N) is 4. The van der Waals surface area contributed by atoms with E-state index in [-0.39, 0.29) is 10.6 Å². The molecule has 3 aromatic rings. The Kier molecular flexibility index (Phi) is 5.95. The van der Waals surface area contributed by atoms with Crippen molar-refractivity contribution in [3.63, 3.8) is 0 Å². The molecule has 158 valence electrons. The van der Waals surface area contributed by atoms with Gasteiger partial charge in [0.2, 0.25) is 4.80 Å². The summed E-state index contributed by atoms with van der Waals surface area (Å²) in [6.45, 7) is 8.55. The second kappa shape index (κ2) is 8.81. The third-order valence-corrected chi connectivity index (χ3v) is 6.26. The number of fused-ring (bicyclic) bond motifs is 1. The van der Waals surface area contributed by atoms with Crippen LogP contribution >= 0.6 is 11.3 Å². The minimum absolute atomic E-state index is 0.0700. The molecular weight excluding hydrogens is 408 g/mol. The highest BCUT2D eigenvalue weighted by molar-refractivity contribution is 7.07. The fourth-order valence-corrected chi connectivity index (χ4v) is 4.82. The van der Waals surface area contributed by atoms with Crippen molar-refractivity contribution in [1.82, 2.24) is 4.68 Å². The number of nitro benzene ring substituents is 1. The molecule has 0 bridgehead atoms. The van der Waals surface area contributed by atoms with Gasteiger partial charge in [0.15, 0.2) is 0 Å². The van der Waals surface area contributed by atoms with E-state index in [9.17, 15) is 10.1 Å². The molecule has 4 rings (SSSR count). The molecule has 0 aliphatic heterocycles. The highest BCUT2D eigenvalue weighted by Gasteiger charge is 2.19. The second-order valence-electron chi connectivity index (χ2n) is 7.66. The number of aromatic nitrogens is 1. The number of aryl methyl sites for hydroxylation is 2. The summed E-state index contributed by atoms with van der Waals surface area (Å²) in [5.41, 5.74) is 7.97. The van der Waals surface area contributed by atoms with Crippen LogP contribution < -0.4 is 4.80 Å². The Morgan fingerprint density at radius 2 is 2.00 bits per heavy atom. The number of hydrogen-bond donors (Lipinski definition) is 0. The zero-order valence-electron chi connectivity index (χ0n) is 17.7. The zero-order chi connectivity index (χ0) is 22.0. The van der Waals surface area contributed by atoms with Crippen LogP contribution in [0.2, 0.25) is 0 Å². The first-order valence-electron chi connectivity index (χ1n) is 10.2. The van der Waals surface area contributed by atoms with Crippen molar-refractivity contribution in [2.24, 2.45) is 10.1 Å². The van der Waals surface area contributed by atoms with Crippen LogP contribution in [0.3, 0.4) is 0 Å². The van der Waals surface area contributed by atoms with Crippen molar-refractivity contribution < 1.29 is 4.92 Å². The molecular formula is C24H24N4O2S. The van der Waals surface area contributed by atoms with Gasteiger partial charge in [0.05, 0.1) is 22.9 Å². The Morgan fingerprint density at radius 1 is 1.23 bits per heavy atom. The fourth-order valence-electron chi connectivity index (χ4n) is 3.98. The Bertz CT molecular complexity index is 1250. The van der Waals surface area contributed by atoms with Gasteiger partial charge < -0.3 is 0 Å². The molecule has 0 spiro atoms. The van der Waals surface area contributed by atoms with E-state index >= 15 is 0 Å². The van der Waals surface area contributed by atoms with Crippen molar-refractivity contribution in [3.8, 4) is 11.3 Å². The number of rotatable bonds is 5. The van der Waals surface area contributed by atoms with Gasteiger partial charge in [0, 0.05) is 28.6 Å². The Labute approximate surface area is 185 Å². The van der Waals surface area contributed by atoms with Crippen molar-refractivity contribution >= 4 is 22.7 Å². The van der Waals surface area contributed by atoms with Crippen LogP contribution in [-0.2, 0) is 6.42 Å². The van der Waals surface area contributed by atoms with E-state index in [1.807, 2.05) is 10.1 Å². The third kappa shape index (κ3) is 4.27. The van der Waals surface area contributed by atoms with Gasteiger partial charge in [-0.05, 0) is 62.4 Å². The first-order chi connectivity index (χ1) is 15.0. The molecule has 1 heterocycles. The molecule has 1 aliphatic carbocycles. The molecule has 31 heavy (non-hydrogen) atoms. The molecule has 0 fully saturated rings. The Morgan fingerprint density at radius 3 is 2.71 bits per heavy atom. The summed E-state index contributed by atoms with van der Waals surface area (Å²) in [5.74, 6) is 0. The number of hydrogen-bond acceptors (Lipinski definition) is 5. The largest absolute Gasteiger partial charge is 0.269 e. The van der Waals surface area contributed by atoms with Crippen LogP contribution in [0.5, 0.6) is 0 Å². The van der Waals surface area contributed by atoms with E-state index in [1.165, 1.54) is 45.7 Å². The average molecular weight is 433 g/mol. The van der Waals surface area contributed by atoms with E-state index in [2.05, 4.69) is 37.6 Å². The highest BCUT2D eigenvalue weighted by atomic mass is 32.1. The van der Waals surface area contributed by atoms with Crippen LogP contribution in [0.25, 0.3) is 11.3 Å². The van der Waals surface area contributed by atoms with Crippen molar-refractivity contribution in [2.45, 2.75) is 33.1 Å². The standard InChI is InChI=1S/C24H24N4O2S/c1-4-12-25-24-27(23(15-31-24)18-8-10-19(11-9-18)28(29)30)26-22-7-5-6-20-17(3)13-16(2)14-21(20)22/h4,8-11,13-15H,1,5-7,12H2,2-3H3. The lowest BCUT2D eigenvalue weighted by Gasteiger charge is -2.21. The lowest BCUT2D eigenvalue weighted by molar-refractivity contribution is -0.384. The summed E-state index contributed by atoms with van der Waals surface area (Å²) in [7, 11) is 0. The molecule has 1 aromatic heterocycles. The van der Waals surface area contributed by atoms with E-state index < -0.39 is 0 Å². The number of nitro groups is 1. The summed E-state index contributed by atoms with van der Waals surface area (Å²) in [6, 6.07) is 11.0. The molecule has 0 radical (unpaired) electrons. The maximum absolute atomic E-state index is 11.0. The fraction of sp³-hybridized carbons (Fsp3) is 0.250. The number of non-ortho nitro benzene ring substituents is 1. The minimum atomic E-state index is -0.389. The highest BCUT2D eigenvalue weighted by Crippen LogP contribution is 2.28. The van der Waals surface area contributed by atoms with Crippen LogP contribution in [0.4, 0.5) is 5.69 Å². The van der Waals surface area contributed by atoms with E-state index in [0.717, 1.165) is 41.0 Å². The lowest BCUT2D eigenvalue weighted by atomic mass is 9.86. The monoisotopic (exact) mass is 432 g/mol. The Balaban J connectivity index is 1.88. The van der Waals surface area contributed by atoms with E-state index in [0.29, 0.717) is 6.54 Å². The first-order valence-corrected chi connectivity index (χ1v) is 11.1. The SMILES string of the molecule is C=CCN=c1scc(-c2ccc([N+](=O)[O-])cc2)n1N=C1CCCc2c(C)cc(C)cc21. The van der Waals surface area contributed by atoms with Gasteiger partial charge in [0.1, 0.15) is 0 Å². The van der Waals surface area contributed by atoms with Gasteiger partial charge in [-0.2, -0.15) is 5.10 Å². The van der Waals surface area contributed by atoms with E-state index in [4.69, 9.17) is 5.10 Å². The molecule has 0 N–H and O–H groups in total. The molecule has 0 saturated heterocycles. The normalized spacial score (nSPS) is 15.2. The molecule has 6 nitrogen and oxygen atoms in total. The summed E-state index contributed by atoms with van der Waals surface area (Å²) >= 11 is 1.51. The molecule has 0 unspecified atom stereocenters. The topological polar surface area (TPSA) is 72.8 Å². The van der Waals surface area contributed by atoms with Gasteiger partial charge in [-0.25, -0.2) is 4.68 Å².